The fraction of sp³-hybridized carbons (Fsp3) is 0.400. The van der Waals surface area contributed by atoms with Crippen molar-refractivity contribution in [2.45, 2.75) is 18.9 Å². The molecule has 0 fully saturated rings. The van der Waals surface area contributed by atoms with Gasteiger partial charge in [0.15, 0.2) is 0 Å². The standard InChI is InChI=1S/C10H13F2NO/c1-2-10(14,6-13)9-7(11)4-3-5-8(9)12/h3-5,14H,2,6,13H2,1H3. The van der Waals surface area contributed by atoms with Crippen molar-refractivity contribution in [2.24, 2.45) is 5.73 Å². The van der Waals surface area contributed by atoms with Crippen molar-refractivity contribution in [3.63, 3.8) is 0 Å². The fourth-order valence-electron chi connectivity index (χ4n) is 1.37. The molecule has 0 aliphatic carbocycles. The monoisotopic (exact) mass is 201 g/mol. The number of rotatable bonds is 3. The van der Waals surface area contributed by atoms with Gasteiger partial charge in [-0.25, -0.2) is 8.78 Å². The summed E-state index contributed by atoms with van der Waals surface area (Å²) in [7, 11) is 0. The molecular weight excluding hydrogens is 188 g/mol. The Morgan fingerprint density at radius 3 is 2.21 bits per heavy atom. The minimum absolute atomic E-state index is 0.168. The molecule has 1 atom stereocenters. The molecule has 0 aliphatic rings. The highest BCUT2D eigenvalue weighted by atomic mass is 19.1. The van der Waals surface area contributed by atoms with Gasteiger partial charge in [-0.15, -0.1) is 0 Å². The van der Waals surface area contributed by atoms with Gasteiger partial charge in [0.2, 0.25) is 0 Å². The Bertz CT molecular complexity index is 304. The van der Waals surface area contributed by atoms with E-state index >= 15 is 0 Å². The summed E-state index contributed by atoms with van der Waals surface area (Å²) < 4.78 is 26.5. The Morgan fingerprint density at radius 1 is 1.36 bits per heavy atom. The van der Waals surface area contributed by atoms with Crippen molar-refractivity contribution in [1.29, 1.82) is 0 Å². The molecule has 0 spiro atoms. The van der Waals surface area contributed by atoms with Crippen LogP contribution in [-0.2, 0) is 5.60 Å². The maximum absolute atomic E-state index is 13.3. The summed E-state index contributed by atoms with van der Waals surface area (Å²) in [6.45, 7) is 1.42. The Balaban J connectivity index is 3.29. The number of aliphatic hydroxyl groups is 1. The van der Waals surface area contributed by atoms with Gasteiger partial charge in [-0.1, -0.05) is 13.0 Å². The molecule has 2 nitrogen and oxygen atoms in total. The molecule has 0 heterocycles. The summed E-state index contributed by atoms with van der Waals surface area (Å²) >= 11 is 0. The van der Waals surface area contributed by atoms with E-state index in [0.29, 0.717) is 0 Å². The summed E-state index contributed by atoms with van der Waals surface area (Å²) in [4.78, 5) is 0. The number of halogens is 2. The Kier molecular flexibility index (Phi) is 3.18. The zero-order valence-corrected chi connectivity index (χ0v) is 7.93. The molecule has 1 rings (SSSR count). The van der Waals surface area contributed by atoms with Crippen LogP contribution in [0.25, 0.3) is 0 Å². The van der Waals surface area contributed by atoms with Crippen molar-refractivity contribution in [1.82, 2.24) is 0 Å². The van der Waals surface area contributed by atoms with E-state index in [1.807, 2.05) is 0 Å². The first-order chi connectivity index (χ1) is 6.55. The molecule has 3 N–H and O–H groups in total. The molecule has 14 heavy (non-hydrogen) atoms. The summed E-state index contributed by atoms with van der Waals surface area (Å²) in [5.41, 5.74) is 3.35. The van der Waals surface area contributed by atoms with Crippen LogP contribution >= 0.6 is 0 Å². The van der Waals surface area contributed by atoms with E-state index in [4.69, 9.17) is 5.73 Å². The van der Waals surface area contributed by atoms with Crippen LogP contribution in [0.5, 0.6) is 0 Å². The van der Waals surface area contributed by atoms with Crippen molar-refractivity contribution >= 4 is 0 Å². The molecule has 0 amide bonds. The van der Waals surface area contributed by atoms with Gasteiger partial charge in [0.25, 0.3) is 0 Å². The van der Waals surface area contributed by atoms with E-state index < -0.39 is 17.2 Å². The highest BCUT2D eigenvalue weighted by molar-refractivity contribution is 5.26. The smallest absolute Gasteiger partial charge is 0.132 e. The lowest BCUT2D eigenvalue weighted by molar-refractivity contribution is 0.0344. The van der Waals surface area contributed by atoms with E-state index in [1.54, 1.807) is 6.92 Å². The zero-order chi connectivity index (χ0) is 10.8. The third kappa shape index (κ3) is 1.76. The van der Waals surface area contributed by atoms with Gasteiger partial charge < -0.3 is 10.8 Å². The largest absolute Gasteiger partial charge is 0.384 e. The van der Waals surface area contributed by atoms with Crippen LogP contribution in [0.2, 0.25) is 0 Å². The first-order valence-electron chi connectivity index (χ1n) is 4.42. The first-order valence-corrected chi connectivity index (χ1v) is 4.42. The van der Waals surface area contributed by atoms with Gasteiger partial charge in [-0.05, 0) is 18.6 Å². The third-order valence-corrected chi connectivity index (χ3v) is 2.35. The zero-order valence-electron chi connectivity index (χ0n) is 7.93. The Labute approximate surface area is 81.4 Å². The van der Waals surface area contributed by atoms with Crippen LogP contribution in [0, 0.1) is 11.6 Å². The van der Waals surface area contributed by atoms with Crippen molar-refractivity contribution in [3.05, 3.63) is 35.4 Å². The first kappa shape index (κ1) is 11.1. The van der Waals surface area contributed by atoms with Gasteiger partial charge in [-0.3, -0.25) is 0 Å². The quantitative estimate of drug-likeness (QED) is 0.778. The Hall–Kier alpha value is -1.00. The van der Waals surface area contributed by atoms with Gasteiger partial charge in [0.1, 0.15) is 17.2 Å². The average Bonchev–Trinajstić information content (AvgIpc) is 2.17. The lowest BCUT2D eigenvalue weighted by Gasteiger charge is -2.26. The SMILES string of the molecule is CCC(O)(CN)c1c(F)cccc1F. The highest BCUT2D eigenvalue weighted by Crippen LogP contribution is 2.28. The van der Waals surface area contributed by atoms with Gasteiger partial charge in [0.05, 0.1) is 5.56 Å². The van der Waals surface area contributed by atoms with E-state index in [0.717, 1.165) is 12.1 Å². The molecule has 0 saturated heterocycles. The van der Waals surface area contributed by atoms with Crippen LogP contribution < -0.4 is 5.73 Å². The lowest BCUT2D eigenvalue weighted by Crippen LogP contribution is -2.36. The van der Waals surface area contributed by atoms with E-state index in [-0.39, 0.29) is 18.5 Å². The van der Waals surface area contributed by atoms with Gasteiger partial charge in [0, 0.05) is 6.54 Å². The Morgan fingerprint density at radius 2 is 1.86 bits per heavy atom. The molecule has 0 radical (unpaired) electrons. The number of benzene rings is 1. The molecule has 0 aliphatic heterocycles. The van der Waals surface area contributed by atoms with Crippen LogP contribution in [-0.4, -0.2) is 11.7 Å². The molecule has 0 aromatic heterocycles. The second-order valence-corrected chi connectivity index (χ2v) is 3.19. The van der Waals surface area contributed by atoms with Gasteiger partial charge in [-0.2, -0.15) is 0 Å². The summed E-state index contributed by atoms with van der Waals surface area (Å²) in [5, 5.41) is 9.86. The van der Waals surface area contributed by atoms with E-state index in [9.17, 15) is 13.9 Å². The molecule has 1 unspecified atom stereocenters. The van der Waals surface area contributed by atoms with E-state index in [2.05, 4.69) is 0 Å². The van der Waals surface area contributed by atoms with Crippen LogP contribution in [0.1, 0.15) is 18.9 Å². The molecule has 1 aromatic rings. The molecule has 0 saturated carbocycles. The molecule has 1 aromatic carbocycles. The van der Waals surface area contributed by atoms with Gasteiger partial charge >= 0.3 is 0 Å². The minimum atomic E-state index is -1.62. The predicted molar refractivity (Wildman–Crippen MR) is 49.6 cm³/mol. The fourth-order valence-corrected chi connectivity index (χ4v) is 1.37. The molecular formula is C10H13F2NO. The third-order valence-electron chi connectivity index (χ3n) is 2.35. The van der Waals surface area contributed by atoms with E-state index in [1.165, 1.54) is 6.07 Å². The topological polar surface area (TPSA) is 46.2 Å². The maximum atomic E-state index is 13.3. The minimum Gasteiger partial charge on any atom is -0.384 e. The van der Waals surface area contributed by atoms with Crippen molar-refractivity contribution < 1.29 is 13.9 Å². The van der Waals surface area contributed by atoms with Crippen molar-refractivity contribution in [3.8, 4) is 0 Å². The summed E-state index contributed by atoms with van der Waals surface area (Å²) in [5.74, 6) is -1.53. The molecule has 0 bridgehead atoms. The number of hydrogen-bond acceptors (Lipinski definition) is 2. The van der Waals surface area contributed by atoms with Crippen LogP contribution in [0.3, 0.4) is 0 Å². The predicted octanol–water partition coefficient (Wildman–Crippen LogP) is 1.52. The lowest BCUT2D eigenvalue weighted by atomic mass is 9.90. The highest BCUT2D eigenvalue weighted by Gasteiger charge is 2.31. The van der Waals surface area contributed by atoms with Crippen molar-refractivity contribution in [2.75, 3.05) is 6.54 Å². The molecule has 78 valence electrons. The average molecular weight is 201 g/mol. The summed E-state index contributed by atoms with van der Waals surface area (Å²) in [6.07, 6.45) is 0.168. The second-order valence-electron chi connectivity index (χ2n) is 3.19. The summed E-state index contributed by atoms with van der Waals surface area (Å²) in [6, 6.07) is 3.46. The van der Waals surface area contributed by atoms with Crippen LogP contribution in [0.4, 0.5) is 8.78 Å². The normalized spacial score (nSPS) is 15.2. The molecule has 4 heteroatoms. The second kappa shape index (κ2) is 4.02. The number of hydrogen-bond donors (Lipinski definition) is 2. The number of nitrogens with two attached hydrogens (primary N) is 1. The maximum Gasteiger partial charge on any atom is 0.132 e. The van der Waals surface area contributed by atoms with Crippen LogP contribution in [0.15, 0.2) is 18.2 Å².